The molecule has 0 bridgehead atoms. The second-order valence-corrected chi connectivity index (χ2v) is 7.86. The van der Waals surface area contributed by atoms with Gasteiger partial charge in [-0.05, 0) is 80.0 Å². The molecule has 3 nitrogen and oxygen atoms in total. The predicted molar refractivity (Wildman–Crippen MR) is 104 cm³/mol. The first-order valence-corrected chi connectivity index (χ1v) is 9.89. The zero-order chi connectivity index (χ0) is 17.1. The molecule has 25 heavy (non-hydrogen) atoms. The fourth-order valence-corrected chi connectivity index (χ4v) is 4.63. The van der Waals surface area contributed by atoms with Gasteiger partial charge in [-0.15, -0.1) is 0 Å². The van der Waals surface area contributed by atoms with E-state index in [9.17, 15) is 5.11 Å². The summed E-state index contributed by atoms with van der Waals surface area (Å²) in [5, 5.41) is 10.8. The van der Waals surface area contributed by atoms with Crippen LogP contribution in [0.1, 0.15) is 30.5 Å². The van der Waals surface area contributed by atoms with Crippen molar-refractivity contribution >= 4 is 21.6 Å². The number of nitrogens with zero attached hydrogens (tertiary/aromatic N) is 2. The van der Waals surface area contributed by atoms with Gasteiger partial charge in [-0.3, -0.25) is 4.90 Å². The van der Waals surface area contributed by atoms with Gasteiger partial charge >= 0.3 is 0 Å². The van der Waals surface area contributed by atoms with Gasteiger partial charge in [-0.25, -0.2) is 0 Å². The van der Waals surface area contributed by atoms with Crippen molar-refractivity contribution in [2.75, 3.05) is 13.1 Å². The summed E-state index contributed by atoms with van der Waals surface area (Å²) in [6.07, 6.45) is 4.85. The van der Waals surface area contributed by atoms with E-state index in [0.717, 1.165) is 23.6 Å². The molecule has 0 radical (unpaired) electrons. The number of likely N-dealkylation sites (tertiary alicyclic amines) is 1. The summed E-state index contributed by atoms with van der Waals surface area (Å²) in [6.45, 7) is 3.48. The summed E-state index contributed by atoms with van der Waals surface area (Å²) >= 11 is 1.50. The molecule has 0 aliphatic carbocycles. The minimum atomic E-state index is 0.327. The van der Waals surface area contributed by atoms with Crippen LogP contribution in [-0.2, 0) is 13.0 Å². The third kappa shape index (κ3) is 4.02. The molecule has 1 aromatic heterocycles. The van der Waals surface area contributed by atoms with E-state index in [4.69, 9.17) is 0 Å². The number of benzene rings is 2. The van der Waals surface area contributed by atoms with Crippen LogP contribution in [0.5, 0.6) is 5.75 Å². The predicted octanol–water partition coefficient (Wildman–Crippen LogP) is 4.85. The Kier molecular flexibility index (Phi) is 4.99. The van der Waals surface area contributed by atoms with E-state index in [-0.39, 0.29) is 0 Å². The fraction of sp³-hybridized carbons (Fsp3) is 0.381. The molecule has 0 saturated carbocycles. The van der Waals surface area contributed by atoms with Gasteiger partial charge in [0, 0.05) is 11.9 Å². The topological polar surface area (TPSA) is 36.4 Å². The van der Waals surface area contributed by atoms with Crippen molar-refractivity contribution in [1.82, 2.24) is 9.27 Å². The maximum Gasteiger partial charge on any atom is 0.117 e. The minimum absolute atomic E-state index is 0.327. The van der Waals surface area contributed by atoms with Crippen molar-refractivity contribution in [3.63, 3.8) is 0 Å². The lowest BCUT2D eigenvalue weighted by atomic mass is 9.91. The van der Waals surface area contributed by atoms with Crippen LogP contribution in [-0.4, -0.2) is 27.5 Å². The van der Waals surface area contributed by atoms with Crippen LogP contribution in [0.2, 0.25) is 0 Å². The Hall–Kier alpha value is -1.91. The summed E-state index contributed by atoms with van der Waals surface area (Å²) in [4.78, 5) is 2.58. The Morgan fingerprint density at radius 3 is 2.68 bits per heavy atom. The minimum Gasteiger partial charge on any atom is -0.508 e. The largest absolute Gasteiger partial charge is 0.508 e. The summed E-state index contributed by atoms with van der Waals surface area (Å²) in [5.74, 6) is 1.13. The first-order valence-electron chi connectivity index (χ1n) is 9.11. The van der Waals surface area contributed by atoms with Crippen molar-refractivity contribution in [2.24, 2.45) is 5.92 Å². The van der Waals surface area contributed by atoms with Gasteiger partial charge in [0.05, 0.1) is 10.4 Å². The van der Waals surface area contributed by atoms with Gasteiger partial charge in [0.1, 0.15) is 5.75 Å². The normalized spacial score (nSPS) is 16.5. The third-order valence-electron chi connectivity index (χ3n) is 5.28. The maximum atomic E-state index is 9.58. The molecule has 4 rings (SSSR count). The number of hydrogen-bond acceptors (Lipinski definition) is 4. The van der Waals surface area contributed by atoms with Crippen LogP contribution in [0.4, 0.5) is 0 Å². The van der Waals surface area contributed by atoms with Crippen LogP contribution in [0, 0.1) is 5.92 Å². The number of phenols is 1. The molecule has 1 aliphatic rings. The van der Waals surface area contributed by atoms with Gasteiger partial charge in [0.25, 0.3) is 0 Å². The average Bonchev–Trinajstić information content (AvgIpc) is 3.04. The van der Waals surface area contributed by atoms with Crippen LogP contribution < -0.4 is 0 Å². The maximum absolute atomic E-state index is 9.58. The molecule has 2 heterocycles. The van der Waals surface area contributed by atoms with Crippen molar-refractivity contribution in [3.05, 3.63) is 59.8 Å². The number of aromatic nitrogens is 1. The summed E-state index contributed by atoms with van der Waals surface area (Å²) in [6, 6.07) is 16.4. The lowest BCUT2D eigenvalue weighted by Crippen LogP contribution is -2.33. The molecule has 1 fully saturated rings. The Labute approximate surface area is 153 Å². The lowest BCUT2D eigenvalue weighted by molar-refractivity contribution is 0.172. The van der Waals surface area contributed by atoms with E-state index in [1.807, 2.05) is 12.1 Å². The molecule has 0 spiro atoms. The van der Waals surface area contributed by atoms with Crippen LogP contribution in [0.25, 0.3) is 10.1 Å². The quantitative estimate of drug-likeness (QED) is 0.713. The zero-order valence-corrected chi connectivity index (χ0v) is 15.2. The Bertz CT molecular complexity index is 822. The standard InChI is InChI=1S/C21H24N2OS/c24-18-7-8-19-20(22-25-21(19)14-18)9-6-16-10-12-23(13-11-16)15-17-4-2-1-3-5-17/h1-5,7-8,14,16,24H,6,9-13,15H2. The first-order chi connectivity index (χ1) is 12.3. The molecule has 0 amide bonds. The zero-order valence-electron chi connectivity index (χ0n) is 14.4. The number of piperidine rings is 1. The van der Waals surface area contributed by atoms with Gasteiger partial charge in [0.15, 0.2) is 0 Å². The monoisotopic (exact) mass is 352 g/mol. The number of hydrogen-bond donors (Lipinski definition) is 1. The van der Waals surface area contributed by atoms with E-state index in [0.29, 0.717) is 5.75 Å². The highest BCUT2D eigenvalue weighted by atomic mass is 32.1. The van der Waals surface area contributed by atoms with E-state index >= 15 is 0 Å². The molecule has 3 aromatic rings. The van der Waals surface area contributed by atoms with Crippen molar-refractivity contribution < 1.29 is 5.11 Å². The van der Waals surface area contributed by atoms with E-state index in [2.05, 4.69) is 39.6 Å². The third-order valence-corrected chi connectivity index (χ3v) is 6.12. The van der Waals surface area contributed by atoms with Gasteiger partial charge < -0.3 is 5.11 Å². The lowest BCUT2D eigenvalue weighted by Gasteiger charge is -2.32. The van der Waals surface area contributed by atoms with Gasteiger partial charge in [-0.1, -0.05) is 30.3 Å². The summed E-state index contributed by atoms with van der Waals surface area (Å²) < 4.78 is 5.70. The molecular formula is C21H24N2OS. The molecular weight excluding hydrogens is 328 g/mol. The molecule has 1 aliphatic heterocycles. The molecule has 4 heteroatoms. The Balaban J connectivity index is 1.28. The molecule has 1 N–H and O–H groups in total. The summed E-state index contributed by atoms with van der Waals surface area (Å²) in [5.41, 5.74) is 2.62. The van der Waals surface area contributed by atoms with Crippen LogP contribution in [0.3, 0.4) is 0 Å². The Morgan fingerprint density at radius 1 is 1.08 bits per heavy atom. The number of aromatic hydroxyl groups is 1. The van der Waals surface area contributed by atoms with Gasteiger partial charge in [-0.2, -0.15) is 4.37 Å². The highest BCUT2D eigenvalue weighted by Gasteiger charge is 2.20. The Morgan fingerprint density at radius 2 is 1.88 bits per heavy atom. The first kappa shape index (κ1) is 16.6. The average molecular weight is 353 g/mol. The van der Waals surface area contributed by atoms with E-state index < -0.39 is 0 Å². The fourth-order valence-electron chi connectivity index (χ4n) is 3.77. The van der Waals surface area contributed by atoms with E-state index in [1.54, 1.807) is 6.07 Å². The highest BCUT2D eigenvalue weighted by Crippen LogP contribution is 2.29. The number of fused-ring (bicyclic) bond motifs is 1. The molecule has 2 aromatic carbocycles. The molecule has 130 valence electrons. The second kappa shape index (κ2) is 7.54. The second-order valence-electron chi connectivity index (χ2n) is 7.05. The van der Waals surface area contributed by atoms with Gasteiger partial charge in [0.2, 0.25) is 0 Å². The van der Waals surface area contributed by atoms with Crippen molar-refractivity contribution in [2.45, 2.75) is 32.2 Å². The van der Waals surface area contributed by atoms with Crippen LogP contribution in [0.15, 0.2) is 48.5 Å². The van der Waals surface area contributed by atoms with Crippen molar-refractivity contribution in [3.8, 4) is 5.75 Å². The number of phenolic OH excluding ortho intramolecular Hbond substituents is 1. The summed E-state index contributed by atoms with van der Waals surface area (Å²) in [7, 11) is 0. The highest BCUT2D eigenvalue weighted by molar-refractivity contribution is 7.13. The van der Waals surface area contributed by atoms with Crippen LogP contribution >= 0.6 is 11.5 Å². The molecule has 0 atom stereocenters. The number of aryl methyl sites for hydroxylation is 1. The smallest absolute Gasteiger partial charge is 0.117 e. The molecule has 0 unspecified atom stereocenters. The SMILES string of the molecule is Oc1ccc2c(CCC3CCN(Cc4ccccc4)CC3)nsc2c1. The number of rotatable bonds is 5. The van der Waals surface area contributed by atoms with E-state index in [1.165, 1.54) is 60.5 Å². The molecule has 1 saturated heterocycles. The van der Waals surface area contributed by atoms with Crippen molar-refractivity contribution in [1.29, 1.82) is 0 Å².